The lowest BCUT2D eigenvalue weighted by molar-refractivity contribution is -0.138. The maximum atomic E-state index is 12.7. The number of amides is 2. The number of aryl methyl sites for hydroxylation is 1. The highest BCUT2D eigenvalue weighted by molar-refractivity contribution is 5.85. The van der Waals surface area contributed by atoms with Crippen LogP contribution in [0.3, 0.4) is 0 Å². The topological polar surface area (TPSA) is 78.7 Å². The summed E-state index contributed by atoms with van der Waals surface area (Å²) in [6, 6.07) is 11.3. The third-order valence-corrected chi connectivity index (χ3v) is 5.28. The first kappa shape index (κ1) is 17.7. The lowest BCUT2D eigenvalue weighted by atomic mass is 10.1. The van der Waals surface area contributed by atoms with Gasteiger partial charge in [0.2, 0.25) is 11.8 Å². The molecular formula is C20H24N4O3. The van der Waals surface area contributed by atoms with Crippen LogP contribution in [0, 0.1) is 0 Å². The Morgan fingerprint density at radius 1 is 1.15 bits per heavy atom. The van der Waals surface area contributed by atoms with Gasteiger partial charge in [-0.05, 0) is 24.5 Å². The number of nitrogens with zero attached hydrogens (tertiary/aromatic N) is 4. The highest BCUT2D eigenvalue weighted by Gasteiger charge is 2.27. The average molecular weight is 368 g/mol. The van der Waals surface area contributed by atoms with E-state index in [-0.39, 0.29) is 18.4 Å². The molecule has 3 heterocycles. The zero-order chi connectivity index (χ0) is 18.8. The Morgan fingerprint density at radius 3 is 2.70 bits per heavy atom. The van der Waals surface area contributed by atoms with Crippen molar-refractivity contribution in [2.75, 3.05) is 19.6 Å². The van der Waals surface area contributed by atoms with E-state index in [0.29, 0.717) is 38.3 Å². The first-order valence-electron chi connectivity index (χ1n) is 9.47. The van der Waals surface area contributed by atoms with Gasteiger partial charge in [0, 0.05) is 26.1 Å². The van der Waals surface area contributed by atoms with E-state index in [1.807, 2.05) is 41.1 Å². The monoisotopic (exact) mass is 368 g/mol. The Morgan fingerprint density at radius 2 is 1.96 bits per heavy atom. The fourth-order valence-electron chi connectivity index (χ4n) is 3.77. The normalized spacial score (nSPS) is 18.3. The molecule has 2 aliphatic heterocycles. The molecule has 0 unspecified atom stereocenters. The van der Waals surface area contributed by atoms with Crippen molar-refractivity contribution < 1.29 is 14.7 Å². The fourth-order valence-corrected chi connectivity index (χ4v) is 3.77. The maximum absolute atomic E-state index is 12.7. The molecule has 0 saturated carbocycles. The smallest absolute Gasteiger partial charge is 0.242 e. The molecule has 0 spiro atoms. The second-order valence-electron chi connectivity index (χ2n) is 7.18. The fraction of sp³-hybridized carbons (Fsp3) is 0.450. The molecule has 7 nitrogen and oxygen atoms in total. The second kappa shape index (κ2) is 7.52. The number of aromatic nitrogens is 2. The summed E-state index contributed by atoms with van der Waals surface area (Å²) in [5, 5.41) is 15.2. The van der Waals surface area contributed by atoms with Crippen LogP contribution in [-0.4, -0.2) is 56.1 Å². The second-order valence-corrected chi connectivity index (χ2v) is 7.18. The molecule has 27 heavy (non-hydrogen) atoms. The number of aliphatic hydroxyl groups is 1. The Hall–Kier alpha value is -2.67. The van der Waals surface area contributed by atoms with Gasteiger partial charge in [0.1, 0.15) is 6.10 Å². The molecule has 1 atom stereocenters. The van der Waals surface area contributed by atoms with Gasteiger partial charge in [0.25, 0.3) is 0 Å². The highest BCUT2D eigenvalue weighted by Crippen LogP contribution is 2.23. The number of likely N-dealkylation sites (tertiary alicyclic amines) is 1. The standard InChI is InChI=1S/C20H24N4O3/c25-18-8-4-9-23(18)14-19(26)22-10-5-11-24-16(13-22)12-17(21-24)20(27)15-6-2-1-3-7-15/h1-3,6-7,12,20,27H,4-5,8-11,13-14H2/t20-/m1/s1. The summed E-state index contributed by atoms with van der Waals surface area (Å²) >= 11 is 0. The van der Waals surface area contributed by atoms with Gasteiger partial charge in [-0.25, -0.2) is 0 Å². The van der Waals surface area contributed by atoms with E-state index >= 15 is 0 Å². The van der Waals surface area contributed by atoms with Crippen LogP contribution in [-0.2, 0) is 22.7 Å². The lowest BCUT2D eigenvalue weighted by Gasteiger charge is -2.23. The van der Waals surface area contributed by atoms with Gasteiger partial charge < -0.3 is 14.9 Å². The lowest BCUT2D eigenvalue weighted by Crippen LogP contribution is -2.40. The van der Waals surface area contributed by atoms with Crippen molar-refractivity contribution in [1.82, 2.24) is 19.6 Å². The molecular weight excluding hydrogens is 344 g/mol. The number of benzene rings is 1. The predicted octanol–water partition coefficient (Wildman–Crippen LogP) is 1.32. The molecule has 1 aromatic carbocycles. The first-order valence-corrected chi connectivity index (χ1v) is 9.47. The molecule has 2 amide bonds. The number of aliphatic hydroxyl groups excluding tert-OH is 1. The zero-order valence-corrected chi connectivity index (χ0v) is 15.3. The van der Waals surface area contributed by atoms with E-state index in [2.05, 4.69) is 5.10 Å². The molecule has 2 aliphatic rings. The van der Waals surface area contributed by atoms with E-state index < -0.39 is 6.10 Å². The van der Waals surface area contributed by atoms with Crippen LogP contribution >= 0.6 is 0 Å². The van der Waals surface area contributed by atoms with Crippen molar-refractivity contribution in [1.29, 1.82) is 0 Å². The molecule has 0 aliphatic carbocycles. The molecule has 1 fully saturated rings. The summed E-state index contributed by atoms with van der Waals surface area (Å²) in [7, 11) is 0. The van der Waals surface area contributed by atoms with Crippen molar-refractivity contribution in [2.24, 2.45) is 0 Å². The van der Waals surface area contributed by atoms with Gasteiger partial charge in [-0.1, -0.05) is 30.3 Å². The van der Waals surface area contributed by atoms with Crippen LogP contribution in [0.4, 0.5) is 0 Å². The minimum absolute atomic E-state index is 0.0231. The maximum Gasteiger partial charge on any atom is 0.242 e. The van der Waals surface area contributed by atoms with Crippen LogP contribution < -0.4 is 0 Å². The predicted molar refractivity (Wildman–Crippen MR) is 98.6 cm³/mol. The van der Waals surface area contributed by atoms with Gasteiger partial charge in [-0.3, -0.25) is 14.3 Å². The number of carbonyl (C=O) groups excluding carboxylic acids is 2. The van der Waals surface area contributed by atoms with E-state index in [0.717, 1.165) is 24.1 Å². The van der Waals surface area contributed by atoms with Crippen molar-refractivity contribution >= 4 is 11.8 Å². The van der Waals surface area contributed by atoms with Gasteiger partial charge in [0.15, 0.2) is 0 Å². The highest BCUT2D eigenvalue weighted by atomic mass is 16.3. The van der Waals surface area contributed by atoms with Crippen molar-refractivity contribution in [2.45, 2.75) is 38.5 Å². The Balaban J connectivity index is 1.48. The third-order valence-electron chi connectivity index (χ3n) is 5.28. The van der Waals surface area contributed by atoms with Crippen LogP contribution in [0.15, 0.2) is 36.4 Å². The van der Waals surface area contributed by atoms with E-state index in [9.17, 15) is 14.7 Å². The Kier molecular flexibility index (Phi) is 4.94. The molecule has 142 valence electrons. The van der Waals surface area contributed by atoms with Gasteiger partial charge in [-0.15, -0.1) is 0 Å². The largest absolute Gasteiger partial charge is 0.382 e. The van der Waals surface area contributed by atoms with Crippen LogP contribution in [0.1, 0.15) is 42.3 Å². The van der Waals surface area contributed by atoms with Crippen molar-refractivity contribution in [3.8, 4) is 0 Å². The number of hydrogen-bond acceptors (Lipinski definition) is 4. The number of hydrogen-bond donors (Lipinski definition) is 1. The van der Waals surface area contributed by atoms with Gasteiger partial charge in [-0.2, -0.15) is 5.10 Å². The van der Waals surface area contributed by atoms with E-state index in [1.165, 1.54) is 0 Å². The number of fused-ring (bicyclic) bond motifs is 1. The summed E-state index contributed by atoms with van der Waals surface area (Å²) in [4.78, 5) is 27.9. The SMILES string of the molecule is O=C1CCCN1CC(=O)N1CCCn2nc([C@H](O)c3ccccc3)cc2C1. The van der Waals surface area contributed by atoms with Crippen LogP contribution in [0.25, 0.3) is 0 Å². The average Bonchev–Trinajstić information content (AvgIpc) is 3.21. The first-order chi connectivity index (χ1) is 13.1. The van der Waals surface area contributed by atoms with Crippen molar-refractivity contribution in [3.63, 3.8) is 0 Å². The van der Waals surface area contributed by atoms with Gasteiger partial charge in [0.05, 0.1) is 24.5 Å². The Labute approximate surface area is 158 Å². The number of carbonyl (C=O) groups is 2. The molecule has 2 aromatic rings. The zero-order valence-electron chi connectivity index (χ0n) is 15.3. The minimum Gasteiger partial charge on any atom is -0.382 e. The third kappa shape index (κ3) is 3.73. The van der Waals surface area contributed by atoms with Crippen LogP contribution in [0.5, 0.6) is 0 Å². The molecule has 4 rings (SSSR count). The van der Waals surface area contributed by atoms with Crippen LogP contribution in [0.2, 0.25) is 0 Å². The molecule has 1 saturated heterocycles. The molecule has 1 N–H and O–H groups in total. The summed E-state index contributed by atoms with van der Waals surface area (Å²) in [5.74, 6) is 0.0431. The number of rotatable bonds is 4. The Bertz CT molecular complexity index is 833. The minimum atomic E-state index is -0.781. The quantitative estimate of drug-likeness (QED) is 0.883. The molecule has 0 bridgehead atoms. The summed E-state index contributed by atoms with van der Waals surface area (Å²) in [5.41, 5.74) is 2.31. The summed E-state index contributed by atoms with van der Waals surface area (Å²) in [6.07, 6.45) is 1.40. The molecule has 0 radical (unpaired) electrons. The van der Waals surface area contributed by atoms with E-state index in [1.54, 1.807) is 9.80 Å². The van der Waals surface area contributed by atoms with Crippen molar-refractivity contribution in [3.05, 3.63) is 53.3 Å². The summed E-state index contributed by atoms with van der Waals surface area (Å²) in [6.45, 7) is 2.65. The van der Waals surface area contributed by atoms with Gasteiger partial charge >= 0.3 is 0 Å². The molecule has 1 aromatic heterocycles. The van der Waals surface area contributed by atoms with E-state index in [4.69, 9.17) is 0 Å². The summed E-state index contributed by atoms with van der Waals surface area (Å²) < 4.78 is 1.88. The molecule has 7 heteroatoms.